The minimum Gasteiger partial charge on any atom is -0.397 e. The summed E-state index contributed by atoms with van der Waals surface area (Å²) in [6, 6.07) is 6.23. The van der Waals surface area contributed by atoms with E-state index in [9.17, 15) is 4.39 Å². The van der Waals surface area contributed by atoms with Gasteiger partial charge in [0.1, 0.15) is 5.82 Å². The monoisotopic (exact) mass is 286 g/mol. The Kier molecular flexibility index (Phi) is 2.93. The molecule has 2 nitrogen and oxygen atoms in total. The first-order chi connectivity index (χ1) is 7.15. The summed E-state index contributed by atoms with van der Waals surface area (Å²) >= 11 is 4.90. The summed E-state index contributed by atoms with van der Waals surface area (Å²) < 4.78 is 13.8. The minimum atomic E-state index is -0.328. The average molecular weight is 287 g/mol. The molecule has 1 heterocycles. The number of hydrogen-bond acceptors (Lipinski definition) is 3. The minimum absolute atomic E-state index is 0.328. The van der Waals surface area contributed by atoms with Crippen LogP contribution in [0, 0.1) is 5.82 Å². The standard InChI is InChI=1S/C10H8BrFN2S/c11-6-3-10(15-5-6)14-9-2-1-7(12)4-8(9)13/h1-5,14H,13H2. The second-order valence-electron chi connectivity index (χ2n) is 2.99. The van der Waals surface area contributed by atoms with Crippen molar-refractivity contribution in [2.75, 3.05) is 11.1 Å². The van der Waals surface area contributed by atoms with Gasteiger partial charge in [0.25, 0.3) is 0 Å². The van der Waals surface area contributed by atoms with Crippen LogP contribution >= 0.6 is 27.3 Å². The molecule has 0 aliphatic carbocycles. The van der Waals surface area contributed by atoms with Crippen molar-refractivity contribution in [3.05, 3.63) is 39.9 Å². The lowest BCUT2D eigenvalue weighted by Crippen LogP contribution is -1.95. The largest absolute Gasteiger partial charge is 0.397 e. The first-order valence-electron chi connectivity index (χ1n) is 4.21. The summed E-state index contributed by atoms with van der Waals surface area (Å²) in [4.78, 5) is 0. The maximum absolute atomic E-state index is 12.8. The van der Waals surface area contributed by atoms with Gasteiger partial charge < -0.3 is 11.1 Å². The number of halogens is 2. The zero-order valence-electron chi connectivity index (χ0n) is 7.63. The molecule has 0 saturated carbocycles. The number of benzene rings is 1. The van der Waals surface area contributed by atoms with Crippen LogP contribution in [0.3, 0.4) is 0 Å². The van der Waals surface area contributed by atoms with Gasteiger partial charge in [-0.2, -0.15) is 0 Å². The van der Waals surface area contributed by atoms with E-state index in [-0.39, 0.29) is 5.82 Å². The van der Waals surface area contributed by atoms with Crippen molar-refractivity contribution >= 4 is 43.6 Å². The second-order valence-corrected chi connectivity index (χ2v) is 4.81. The molecule has 3 N–H and O–H groups in total. The molecular formula is C10H8BrFN2S. The van der Waals surface area contributed by atoms with Crippen molar-refractivity contribution in [3.63, 3.8) is 0 Å². The van der Waals surface area contributed by atoms with E-state index < -0.39 is 0 Å². The molecule has 15 heavy (non-hydrogen) atoms. The van der Waals surface area contributed by atoms with Gasteiger partial charge in [0.15, 0.2) is 0 Å². The van der Waals surface area contributed by atoms with Gasteiger partial charge in [-0.25, -0.2) is 4.39 Å². The van der Waals surface area contributed by atoms with Gasteiger partial charge in [-0.1, -0.05) is 0 Å². The highest BCUT2D eigenvalue weighted by molar-refractivity contribution is 9.10. The predicted octanol–water partition coefficient (Wildman–Crippen LogP) is 3.98. The molecule has 0 atom stereocenters. The number of nitrogen functional groups attached to an aromatic ring is 1. The zero-order valence-corrected chi connectivity index (χ0v) is 10.0. The van der Waals surface area contributed by atoms with Crippen LogP contribution in [-0.2, 0) is 0 Å². The first kappa shape index (κ1) is 10.4. The van der Waals surface area contributed by atoms with E-state index in [1.165, 1.54) is 12.1 Å². The Bertz CT molecular complexity index is 484. The summed E-state index contributed by atoms with van der Waals surface area (Å²) in [5.74, 6) is -0.328. The Morgan fingerprint density at radius 1 is 1.33 bits per heavy atom. The smallest absolute Gasteiger partial charge is 0.125 e. The van der Waals surface area contributed by atoms with E-state index in [1.807, 2.05) is 11.4 Å². The summed E-state index contributed by atoms with van der Waals surface area (Å²) in [5.41, 5.74) is 6.78. The van der Waals surface area contributed by atoms with Crippen LogP contribution in [0.15, 0.2) is 34.1 Å². The molecule has 0 saturated heterocycles. The lowest BCUT2D eigenvalue weighted by Gasteiger charge is -2.06. The summed E-state index contributed by atoms with van der Waals surface area (Å²) in [7, 11) is 0. The topological polar surface area (TPSA) is 38.0 Å². The molecule has 0 spiro atoms. The zero-order chi connectivity index (χ0) is 10.8. The number of anilines is 3. The third-order valence-electron chi connectivity index (χ3n) is 1.84. The van der Waals surface area contributed by atoms with Gasteiger partial charge in [0, 0.05) is 9.85 Å². The average Bonchev–Trinajstić information content (AvgIpc) is 2.56. The second kappa shape index (κ2) is 4.20. The van der Waals surface area contributed by atoms with Crippen molar-refractivity contribution in [3.8, 4) is 0 Å². The van der Waals surface area contributed by atoms with Crippen LogP contribution in [0.1, 0.15) is 0 Å². The maximum atomic E-state index is 12.8. The molecule has 0 unspecified atom stereocenters. The third-order valence-corrected chi connectivity index (χ3v) is 3.45. The molecule has 5 heteroatoms. The molecular weight excluding hydrogens is 279 g/mol. The van der Waals surface area contributed by atoms with Crippen molar-refractivity contribution in [2.45, 2.75) is 0 Å². The van der Waals surface area contributed by atoms with E-state index >= 15 is 0 Å². The fourth-order valence-electron chi connectivity index (χ4n) is 1.16. The van der Waals surface area contributed by atoms with E-state index in [0.29, 0.717) is 11.4 Å². The highest BCUT2D eigenvalue weighted by Crippen LogP contribution is 2.30. The highest BCUT2D eigenvalue weighted by Gasteiger charge is 2.02. The molecule has 0 bridgehead atoms. The van der Waals surface area contributed by atoms with E-state index in [1.54, 1.807) is 17.4 Å². The lowest BCUT2D eigenvalue weighted by atomic mass is 10.2. The van der Waals surface area contributed by atoms with Crippen LogP contribution in [0.5, 0.6) is 0 Å². The van der Waals surface area contributed by atoms with Gasteiger partial charge in [0.05, 0.1) is 16.4 Å². The number of nitrogens with two attached hydrogens (primary N) is 1. The van der Waals surface area contributed by atoms with Crippen LogP contribution in [0.2, 0.25) is 0 Å². The molecule has 0 radical (unpaired) electrons. The molecule has 0 amide bonds. The summed E-state index contributed by atoms with van der Waals surface area (Å²) in [5, 5.41) is 6.04. The van der Waals surface area contributed by atoms with Crippen molar-refractivity contribution in [1.82, 2.24) is 0 Å². The Balaban J connectivity index is 2.24. The van der Waals surface area contributed by atoms with Crippen LogP contribution in [0.4, 0.5) is 20.8 Å². The molecule has 0 aliphatic heterocycles. The van der Waals surface area contributed by atoms with Gasteiger partial charge in [-0.15, -0.1) is 11.3 Å². The Hall–Kier alpha value is -1.07. The van der Waals surface area contributed by atoms with Crippen LogP contribution in [0.25, 0.3) is 0 Å². The van der Waals surface area contributed by atoms with Gasteiger partial charge in [-0.05, 0) is 40.2 Å². The fraction of sp³-hybridized carbons (Fsp3) is 0. The van der Waals surface area contributed by atoms with Crippen molar-refractivity contribution in [1.29, 1.82) is 0 Å². The van der Waals surface area contributed by atoms with Crippen LogP contribution < -0.4 is 11.1 Å². The Morgan fingerprint density at radius 3 is 2.73 bits per heavy atom. The number of hydrogen-bond donors (Lipinski definition) is 2. The highest BCUT2D eigenvalue weighted by atomic mass is 79.9. The van der Waals surface area contributed by atoms with Gasteiger partial charge in [-0.3, -0.25) is 0 Å². The number of nitrogens with one attached hydrogen (secondary N) is 1. The molecule has 0 fully saturated rings. The SMILES string of the molecule is Nc1cc(F)ccc1Nc1cc(Br)cs1. The molecule has 78 valence electrons. The van der Waals surface area contributed by atoms with E-state index in [4.69, 9.17) is 5.73 Å². The van der Waals surface area contributed by atoms with Crippen molar-refractivity contribution in [2.24, 2.45) is 0 Å². The fourth-order valence-corrected chi connectivity index (χ4v) is 2.49. The normalized spacial score (nSPS) is 10.3. The first-order valence-corrected chi connectivity index (χ1v) is 5.88. The number of thiophene rings is 1. The molecule has 2 rings (SSSR count). The predicted molar refractivity (Wildman–Crippen MR) is 66.1 cm³/mol. The maximum Gasteiger partial charge on any atom is 0.125 e. The van der Waals surface area contributed by atoms with Crippen LogP contribution in [-0.4, -0.2) is 0 Å². The van der Waals surface area contributed by atoms with Gasteiger partial charge in [0.2, 0.25) is 0 Å². The quantitative estimate of drug-likeness (QED) is 0.820. The molecule has 2 aromatic rings. The van der Waals surface area contributed by atoms with E-state index in [0.717, 1.165) is 9.47 Å². The number of rotatable bonds is 2. The molecule has 0 aliphatic rings. The lowest BCUT2D eigenvalue weighted by molar-refractivity contribution is 0.628. The third kappa shape index (κ3) is 2.49. The molecule has 1 aromatic carbocycles. The van der Waals surface area contributed by atoms with Crippen molar-refractivity contribution < 1.29 is 4.39 Å². The molecule has 1 aromatic heterocycles. The summed E-state index contributed by atoms with van der Waals surface area (Å²) in [6.45, 7) is 0. The van der Waals surface area contributed by atoms with Gasteiger partial charge >= 0.3 is 0 Å². The van der Waals surface area contributed by atoms with E-state index in [2.05, 4.69) is 21.2 Å². The summed E-state index contributed by atoms with van der Waals surface area (Å²) in [6.07, 6.45) is 0. The Morgan fingerprint density at radius 2 is 2.13 bits per heavy atom. The Labute approximate surface area is 99.1 Å².